The van der Waals surface area contributed by atoms with Gasteiger partial charge in [-0.15, -0.1) is 11.6 Å². The summed E-state index contributed by atoms with van der Waals surface area (Å²) in [5.41, 5.74) is 2.14. The molecular formula is C14H17ClN2. The maximum Gasteiger partial charge on any atom is 0.0932 e. The lowest BCUT2D eigenvalue weighted by Gasteiger charge is -2.24. The third-order valence-electron chi connectivity index (χ3n) is 3.15. The van der Waals surface area contributed by atoms with Crippen molar-refractivity contribution in [1.29, 1.82) is 0 Å². The summed E-state index contributed by atoms with van der Waals surface area (Å²) in [6, 6.07) is 8.09. The molecular weight excluding hydrogens is 232 g/mol. The smallest absolute Gasteiger partial charge is 0.0932 e. The van der Waals surface area contributed by atoms with Gasteiger partial charge in [-0.3, -0.25) is 0 Å². The van der Waals surface area contributed by atoms with Crippen LogP contribution in [-0.4, -0.2) is 15.6 Å². The summed E-state index contributed by atoms with van der Waals surface area (Å²) in [6.45, 7) is 6.43. The van der Waals surface area contributed by atoms with E-state index >= 15 is 0 Å². The van der Waals surface area contributed by atoms with Gasteiger partial charge in [-0.05, 0) is 24.5 Å². The van der Waals surface area contributed by atoms with Gasteiger partial charge in [-0.2, -0.15) is 10.2 Å². The van der Waals surface area contributed by atoms with E-state index in [0.29, 0.717) is 11.8 Å². The molecule has 2 nitrogen and oxygen atoms in total. The highest BCUT2D eigenvalue weighted by Gasteiger charge is 2.23. The molecule has 0 aliphatic heterocycles. The van der Waals surface area contributed by atoms with Gasteiger partial charge in [0.2, 0.25) is 0 Å². The zero-order valence-corrected chi connectivity index (χ0v) is 11.1. The van der Waals surface area contributed by atoms with Gasteiger partial charge in [0.05, 0.1) is 11.7 Å². The second kappa shape index (κ2) is 5.01. The number of alkyl halides is 1. The summed E-state index contributed by atoms with van der Waals surface area (Å²) in [7, 11) is 0. The van der Waals surface area contributed by atoms with Gasteiger partial charge in [0.1, 0.15) is 0 Å². The lowest BCUT2D eigenvalue weighted by Crippen LogP contribution is -2.16. The molecule has 2 unspecified atom stereocenters. The molecule has 0 radical (unpaired) electrons. The molecule has 0 N–H and O–H groups in total. The molecule has 90 valence electrons. The molecule has 1 aromatic carbocycles. The van der Waals surface area contributed by atoms with Gasteiger partial charge in [0, 0.05) is 16.7 Å². The minimum absolute atomic E-state index is 0.0857. The zero-order valence-electron chi connectivity index (χ0n) is 10.4. The topological polar surface area (TPSA) is 25.8 Å². The first kappa shape index (κ1) is 12.3. The van der Waals surface area contributed by atoms with Crippen molar-refractivity contribution in [3.63, 3.8) is 0 Å². The lowest BCUT2D eigenvalue weighted by molar-refractivity contribution is 0.491. The van der Waals surface area contributed by atoms with Crippen molar-refractivity contribution in [2.45, 2.75) is 32.1 Å². The Morgan fingerprint density at radius 2 is 1.82 bits per heavy atom. The molecule has 1 heterocycles. The van der Waals surface area contributed by atoms with Crippen molar-refractivity contribution in [3.05, 3.63) is 36.0 Å². The summed E-state index contributed by atoms with van der Waals surface area (Å²) in [5, 5.41) is 9.49. The Morgan fingerprint density at radius 3 is 2.47 bits per heavy atom. The third kappa shape index (κ3) is 2.42. The van der Waals surface area contributed by atoms with Gasteiger partial charge in [0.25, 0.3) is 0 Å². The second-order valence-corrected chi connectivity index (χ2v) is 5.45. The molecule has 2 atom stereocenters. The Kier molecular flexibility index (Phi) is 3.63. The van der Waals surface area contributed by atoms with E-state index in [-0.39, 0.29) is 5.38 Å². The normalized spacial score (nSPS) is 15.1. The molecule has 0 aliphatic carbocycles. The summed E-state index contributed by atoms with van der Waals surface area (Å²) in [4.78, 5) is 0. The molecule has 1 aromatic heterocycles. The molecule has 2 rings (SSSR count). The molecule has 0 amide bonds. The van der Waals surface area contributed by atoms with Gasteiger partial charge < -0.3 is 0 Å². The predicted octanol–water partition coefficient (Wildman–Crippen LogP) is 4.00. The minimum atomic E-state index is 0.0857. The largest absolute Gasteiger partial charge is 0.158 e. The Balaban J connectivity index is 2.61. The van der Waals surface area contributed by atoms with Crippen molar-refractivity contribution >= 4 is 22.5 Å². The first-order chi connectivity index (χ1) is 8.11. The van der Waals surface area contributed by atoms with E-state index in [1.165, 1.54) is 5.56 Å². The number of halogens is 1. The number of nitrogens with zero attached hydrogens (tertiary/aromatic N) is 2. The van der Waals surface area contributed by atoms with E-state index < -0.39 is 0 Å². The molecule has 0 spiro atoms. The van der Waals surface area contributed by atoms with Gasteiger partial charge in [-0.1, -0.05) is 32.0 Å². The van der Waals surface area contributed by atoms with E-state index in [1.807, 2.05) is 31.3 Å². The molecule has 0 saturated heterocycles. The maximum atomic E-state index is 6.33. The number of fused-ring (bicyclic) bond motifs is 1. The summed E-state index contributed by atoms with van der Waals surface area (Å²) < 4.78 is 0. The van der Waals surface area contributed by atoms with E-state index in [1.54, 1.807) is 0 Å². The van der Waals surface area contributed by atoms with Crippen molar-refractivity contribution in [3.8, 4) is 0 Å². The van der Waals surface area contributed by atoms with Crippen LogP contribution in [0.2, 0.25) is 0 Å². The van der Waals surface area contributed by atoms with Crippen LogP contribution in [0.1, 0.15) is 32.3 Å². The van der Waals surface area contributed by atoms with Crippen LogP contribution in [0.4, 0.5) is 0 Å². The highest BCUT2D eigenvalue weighted by molar-refractivity contribution is 6.21. The standard InChI is InChI=1S/C14H17ClN2/c1-9(2)14(10(3)15)12-8-16-17-13-7-5-4-6-11(12)13/h4-10,14H,1-3H3. The summed E-state index contributed by atoms with van der Waals surface area (Å²) >= 11 is 6.33. The Labute approximate surface area is 107 Å². The van der Waals surface area contributed by atoms with Crippen molar-refractivity contribution < 1.29 is 0 Å². The van der Waals surface area contributed by atoms with E-state index in [0.717, 1.165) is 10.9 Å². The summed E-state index contributed by atoms with van der Waals surface area (Å²) in [5.74, 6) is 0.784. The fourth-order valence-corrected chi connectivity index (χ4v) is 2.86. The molecule has 17 heavy (non-hydrogen) atoms. The maximum absolute atomic E-state index is 6.33. The van der Waals surface area contributed by atoms with E-state index in [2.05, 4.69) is 30.1 Å². The first-order valence-corrected chi connectivity index (χ1v) is 6.39. The van der Waals surface area contributed by atoms with E-state index in [4.69, 9.17) is 11.6 Å². The molecule has 2 aromatic rings. The Morgan fingerprint density at radius 1 is 1.12 bits per heavy atom. The minimum Gasteiger partial charge on any atom is -0.158 e. The average Bonchev–Trinajstić information content (AvgIpc) is 2.28. The van der Waals surface area contributed by atoms with Crippen LogP contribution in [0.25, 0.3) is 10.9 Å². The van der Waals surface area contributed by atoms with E-state index in [9.17, 15) is 0 Å². The van der Waals surface area contributed by atoms with Crippen LogP contribution in [0.15, 0.2) is 30.5 Å². The monoisotopic (exact) mass is 248 g/mol. The highest BCUT2D eigenvalue weighted by atomic mass is 35.5. The quantitative estimate of drug-likeness (QED) is 0.768. The Bertz CT molecular complexity index is 495. The van der Waals surface area contributed by atoms with Crippen molar-refractivity contribution in [2.75, 3.05) is 0 Å². The number of rotatable bonds is 3. The highest BCUT2D eigenvalue weighted by Crippen LogP contribution is 2.34. The van der Waals surface area contributed by atoms with Crippen LogP contribution in [-0.2, 0) is 0 Å². The fourth-order valence-electron chi connectivity index (χ4n) is 2.43. The van der Waals surface area contributed by atoms with Crippen molar-refractivity contribution in [2.24, 2.45) is 5.92 Å². The van der Waals surface area contributed by atoms with Gasteiger partial charge in [0.15, 0.2) is 0 Å². The lowest BCUT2D eigenvalue weighted by atomic mass is 9.85. The number of benzene rings is 1. The first-order valence-electron chi connectivity index (χ1n) is 5.95. The molecule has 0 aliphatic rings. The molecule has 0 saturated carbocycles. The van der Waals surface area contributed by atoms with Crippen LogP contribution in [0.3, 0.4) is 0 Å². The van der Waals surface area contributed by atoms with Gasteiger partial charge >= 0.3 is 0 Å². The fraction of sp³-hybridized carbons (Fsp3) is 0.429. The molecule has 3 heteroatoms. The predicted molar refractivity (Wildman–Crippen MR) is 72.4 cm³/mol. The van der Waals surface area contributed by atoms with Crippen LogP contribution < -0.4 is 0 Å². The van der Waals surface area contributed by atoms with Gasteiger partial charge in [-0.25, -0.2) is 0 Å². The number of hydrogen-bond donors (Lipinski definition) is 0. The van der Waals surface area contributed by atoms with Crippen LogP contribution in [0.5, 0.6) is 0 Å². The SMILES string of the molecule is CC(C)C(c1cnnc2ccccc12)C(C)Cl. The molecule has 0 fully saturated rings. The van der Waals surface area contributed by atoms with Crippen molar-refractivity contribution in [1.82, 2.24) is 10.2 Å². The number of aromatic nitrogens is 2. The average molecular weight is 249 g/mol. The third-order valence-corrected chi connectivity index (χ3v) is 3.42. The summed E-state index contributed by atoms with van der Waals surface area (Å²) in [6.07, 6.45) is 1.85. The number of hydrogen-bond acceptors (Lipinski definition) is 2. The van der Waals surface area contributed by atoms with Crippen LogP contribution in [0, 0.1) is 5.92 Å². The zero-order chi connectivity index (χ0) is 12.4. The Hall–Kier alpha value is -1.15. The molecule has 0 bridgehead atoms. The second-order valence-electron chi connectivity index (χ2n) is 4.76. The van der Waals surface area contributed by atoms with Crippen LogP contribution >= 0.6 is 11.6 Å².